The van der Waals surface area contributed by atoms with Crippen molar-refractivity contribution in [3.63, 3.8) is 0 Å². The summed E-state index contributed by atoms with van der Waals surface area (Å²) < 4.78 is 5.30. The molecule has 1 atom stereocenters. The summed E-state index contributed by atoms with van der Waals surface area (Å²) >= 11 is 4.78. The highest BCUT2D eigenvalue weighted by molar-refractivity contribution is 9.10. The quantitative estimate of drug-likeness (QED) is 0.387. The highest BCUT2D eigenvalue weighted by Crippen LogP contribution is 2.19. The predicted octanol–water partition coefficient (Wildman–Crippen LogP) is 3.26. The van der Waals surface area contributed by atoms with Crippen LogP contribution >= 0.6 is 27.7 Å². The SMILES string of the molecule is CCCSc1ncc(Br)c(C(=O)N[C@H](Cc2ccccc2)C(=O)OC)n1. The number of ether oxygens (including phenoxy) is 1. The maximum atomic E-state index is 12.7. The minimum Gasteiger partial charge on any atom is -0.467 e. The van der Waals surface area contributed by atoms with E-state index < -0.39 is 17.9 Å². The molecule has 0 aliphatic carbocycles. The fourth-order valence-electron chi connectivity index (χ4n) is 2.19. The molecule has 1 aromatic heterocycles. The van der Waals surface area contributed by atoms with E-state index in [1.807, 2.05) is 30.3 Å². The molecule has 0 unspecified atom stereocenters. The zero-order valence-electron chi connectivity index (χ0n) is 14.6. The summed E-state index contributed by atoms with van der Waals surface area (Å²) in [6, 6.07) is 8.63. The number of methoxy groups -OCH3 is 1. The second-order valence-corrected chi connectivity index (χ2v) is 7.35. The molecule has 0 saturated heterocycles. The van der Waals surface area contributed by atoms with Gasteiger partial charge in [-0.1, -0.05) is 49.0 Å². The monoisotopic (exact) mass is 437 g/mol. The van der Waals surface area contributed by atoms with E-state index >= 15 is 0 Å². The first kappa shape index (κ1) is 20.4. The number of esters is 1. The molecule has 2 aromatic rings. The van der Waals surface area contributed by atoms with E-state index in [4.69, 9.17) is 4.74 Å². The zero-order valence-corrected chi connectivity index (χ0v) is 17.0. The van der Waals surface area contributed by atoms with Crippen LogP contribution in [0.15, 0.2) is 46.2 Å². The Labute approximate surface area is 165 Å². The number of halogens is 1. The number of rotatable bonds is 8. The van der Waals surface area contributed by atoms with E-state index in [2.05, 4.69) is 38.1 Å². The van der Waals surface area contributed by atoms with Crippen molar-refractivity contribution in [2.75, 3.05) is 12.9 Å². The number of hydrogen-bond acceptors (Lipinski definition) is 6. The minimum atomic E-state index is -0.802. The van der Waals surface area contributed by atoms with Gasteiger partial charge in [0, 0.05) is 18.4 Å². The maximum absolute atomic E-state index is 12.7. The normalized spacial score (nSPS) is 11.7. The van der Waals surface area contributed by atoms with Crippen molar-refractivity contribution < 1.29 is 14.3 Å². The zero-order chi connectivity index (χ0) is 18.9. The standard InChI is InChI=1S/C18H20BrN3O3S/c1-3-9-26-18-20-11-13(19)15(22-18)16(23)21-14(17(24)25-2)10-12-7-5-4-6-8-12/h4-8,11,14H,3,9-10H2,1-2H3,(H,21,23)/t14-/m1/s1. The molecule has 138 valence electrons. The number of hydrogen-bond donors (Lipinski definition) is 1. The molecule has 1 heterocycles. The lowest BCUT2D eigenvalue weighted by atomic mass is 10.1. The highest BCUT2D eigenvalue weighted by atomic mass is 79.9. The summed E-state index contributed by atoms with van der Waals surface area (Å²) in [5.74, 6) is -0.0986. The van der Waals surface area contributed by atoms with Gasteiger partial charge in [-0.3, -0.25) is 4.79 Å². The van der Waals surface area contributed by atoms with E-state index in [0.29, 0.717) is 16.0 Å². The van der Waals surface area contributed by atoms with Crippen LogP contribution in [0.2, 0.25) is 0 Å². The van der Waals surface area contributed by atoms with Gasteiger partial charge in [0.2, 0.25) is 0 Å². The lowest BCUT2D eigenvalue weighted by Gasteiger charge is -2.17. The second-order valence-electron chi connectivity index (χ2n) is 5.44. The number of carbonyl (C=O) groups is 2. The van der Waals surface area contributed by atoms with Gasteiger partial charge in [0.15, 0.2) is 5.16 Å². The summed E-state index contributed by atoms with van der Waals surface area (Å²) in [7, 11) is 1.30. The Hall–Kier alpha value is -1.93. The van der Waals surface area contributed by atoms with Crippen LogP contribution in [-0.4, -0.2) is 40.7 Å². The van der Waals surface area contributed by atoms with E-state index in [-0.39, 0.29) is 5.69 Å². The molecule has 0 spiro atoms. The van der Waals surface area contributed by atoms with Gasteiger partial charge >= 0.3 is 5.97 Å². The first-order valence-electron chi connectivity index (χ1n) is 8.13. The Morgan fingerprint density at radius 2 is 2.04 bits per heavy atom. The first-order valence-corrected chi connectivity index (χ1v) is 9.91. The summed E-state index contributed by atoms with van der Waals surface area (Å²) in [5.41, 5.74) is 1.12. The Kier molecular flexibility index (Phi) is 8.06. The third kappa shape index (κ3) is 5.81. The van der Waals surface area contributed by atoms with Crippen LogP contribution in [0.1, 0.15) is 29.4 Å². The smallest absolute Gasteiger partial charge is 0.328 e. The molecule has 0 bridgehead atoms. The van der Waals surface area contributed by atoms with Gasteiger partial charge in [-0.2, -0.15) is 0 Å². The van der Waals surface area contributed by atoms with Crippen molar-refractivity contribution in [2.45, 2.75) is 31.0 Å². The van der Waals surface area contributed by atoms with E-state index in [1.165, 1.54) is 18.9 Å². The van der Waals surface area contributed by atoms with Gasteiger partial charge in [0.25, 0.3) is 5.91 Å². The highest BCUT2D eigenvalue weighted by Gasteiger charge is 2.24. The molecule has 0 fully saturated rings. The molecule has 1 aromatic carbocycles. The fraction of sp³-hybridized carbons (Fsp3) is 0.333. The summed E-state index contributed by atoms with van der Waals surface area (Å²) in [5, 5.41) is 3.24. The molecule has 8 heteroatoms. The Morgan fingerprint density at radius 1 is 1.31 bits per heavy atom. The van der Waals surface area contributed by atoms with Gasteiger partial charge in [-0.05, 0) is 27.9 Å². The topological polar surface area (TPSA) is 81.2 Å². The third-order valence-electron chi connectivity index (χ3n) is 3.45. The van der Waals surface area contributed by atoms with Crippen LogP contribution in [-0.2, 0) is 16.0 Å². The van der Waals surface area contributed by atoms with Crippen molar-refractivity contribution >= 4 is 39.6 Å². The minimum absolute atomic E-state index is 0.195. The van der Waals surface area contributed by atoms with Crippen LogP contribution in [0.5, 0.6) is 0 Å². The van der Waals surface area contributed by atoms with Crippen molar-refractivity contribution in [3.05, 3.63) is 52.3 Å². The molecule has 1 N–H and O–H groups in total. The molecule has 2 rings (SSSR count). The molecular formula is C18H20BrN3O3S. The van der Waals surface area contributed by atoms with Gasteiger partial charge < -0.3 is 10.1 Å². The Bertz CT molecular complexity index is 759. The number of benzene rings is 1. The Balaban J connectivity index is 2.17. The number of thioether (sulfide) groups is 1. The van der Waals surface area contributed by atoms with Crippen molar-refractivity contribution in [1.29, 1.82) is 0 Å². The van der Waals surface area contributed by atoms with Gasteiger partial charge in [-0.25, -0.2) is 14.8 Å². The molecule has 0 aliphatic rings. The predicted molar refractivity (Wildman–Crippen MR) is 104 cm³/mol. The molecule has 6 nitrogen and oxygen atoms in total. The average Bonchev–Trinajstić information content (AvgIpc) is 2.66. The maximum Gasteiger partial charge on any atom is 0.328 e. The van der Waals surface area contributed by atoms with E-state index in [1.54, 1.807) is 6.20 Å². The van der Waals surface area contributed by atoms with E-state index in [0.717, 1.165) is 17.7 Å². The van der Waals surface area contributed by atoms with E-state index in [9.17, 15) is 9.59 Å². The lowest BCUT2D eigenvalue weighted by Crippen LogP contribution is -2.43. The molecular weight excluding hydrogens is 418 g/mol. The largest absolute Gasteiger partial charge is 0.467 e. The lowest BCUT2D eigenvalue weighted by molar-refractivity contribution is -0.142. The summed E-state index contributed by atoms with van der Waals surface area (Å²) in [6.45, 7) is 2.06. The van der Waals surface area contributed by atoms with Crippen LogP contribution in [0.3, 0.4) is 0 Å². The summed E-state index contributed by atoms with van der Waals surface area (Å²) in [4.78, 5) is 33.2. The van der Waals surface area contributed by atoms with Crippen LogP contribution in [0, 0.1) is 0 Å². The molecule has 0 radical (unpaired) electrons. The van der Waals surface area contributed by atoms with Crippen molar-refractivity contribution in [1.82, 2.24) is 15.3 Å². The van der Waals surface area contributed by atoms with Gasteiger partial charge in [0.05, 0.1) is 11.6 Å². The average molecular weight is 438 g/mol. The molecule has 0 saturated carbocycles. The van der Waals surface area contributed by atoms with Crippen LogP contribution in [0.25, 0.3) is 0 Å². The van der Waals surface area contributed by atoms with Gasteiger partial charge in [0.1, 0.15) is 11.7 Å². The Morgan fingerprint density at radius 3 is 2.69 bits per heavy atom. The number of aromatic nitrogens is 2. The van der Waals surface area contributed by atoms with Crippen LogP contribution < -0.4 is 5.32 Å². The van der Waals surface area contributed by atoms with Crippen molar-refractivity contribution in [2.24, 2.45) is 0 Å². The third-order valence-corrected chi connectivity index (χ3v) is 5.09. The number of nitrogens with one attached hydrogen (secondary N) is 1. The molecule has 0 aliphatic heterocycles. The van der Waals surface area contributed by atoms with Crippen molar-refractivity contribution in [3.8, 4) is 0 Å². The fourth-order valence-corrected chi connectivity index (χ4v) is 3.23. The first-order chi connectivity index (χ1) is 12.5. The second kappa shape index (κ2) is 10.3. The molecule has 1 amide bonds. The summed E-state index contributed by atoms with van der Waals surface area (Å²) in [6.07, 6.45) is 2.86. The number of amides is 1. The van der Waals surface area contributed by atoms with Crippen LogP contribution in [0.4, 0.5) is 0 Å². The number of nitrogens with zero attached hydrogens (tertiary/aromatic N) is 2. The number of carbonyl (C=O) groups excluding carboxylic acids is 2. The molecule has 26 heavy (non-hydrogen) atoms. The van der Waals surface area contributed by atoms with Gasteiger partial charge in [-0.15, -0.1) is 0 Å².